The molecule has 7 nitrogen and oxygen atoms in total. The average molecular weight is 257 g/mol. The third kappa shape index (κ3) is 4.23. The predicted octanol–water partition coefficient (Wildman–Crippen LogP) is -0.229. The van der Waals surface area contributed by atoms with Crippen molar-refractivity contribution in [2.24, 2.45) is 0 Å². The molecule has 1 fully saturated rings. The van der Waals surface area contributed by atoms with Gasteiger partial charge in [0.2, 0.25) is 5.91 Å². The van der Waals surface area contributed by atoms with Gasteiger partial charge in [-0.05, 0) is 6.42 Å². The Morgan fingerprint density at radius 1 is 1.50 bits per heavy atom. The molecule has 0 saturated carbocycles. The van der Waals surface area contributed by atoms with Crippen molar-refractivity contribution >= 4 is 17.9 Å². The van der Waals surface area contributed by atoms with Gasteiger partial charge in [-0.1, -0.05) is 13.3 Å². The second kappa shape index (κ2) is 6.83. The Morgan fingerprint density at radius 3 is 2.83 bits per heavy atom. The van der Waals surface area contributed by atoms with E-state index in [1.165, 1.54) is 4.90 Å². The molecule has 1 heterocycles. The summed E-state index contributed by atoms with van der Waals surface area (Å²) in [7, 11) is 0. The predicted molar refractivity (Wildman–Crippen MR) is 64.1 cm³/mol. The molecule has 18 heavy (non-hydrogen) atoms. The van der Waals surface area contributed by atoms with E-state index in [4.69, 9.17) is 5.11 Å². The summed E-state index contributed by atoms with van der Waals surface area (Å²) < 4.78 is 0. The lowest BCUT2D eigenvalue weighted by molar-refractivity contribution is -0.139. The first-order valence-electron chi connectivity index (χ1n) is 6.09. The van der Waals surface area contributed by atoms with E-state index < -0.39 is 18.0 Å². The van der Waals surface area contributed by atoms with Gasteiger partial charge in [0.25, 0.3) is 0 Å². The largest absolute Gasteiger partial charge is 0.480 e. The minimum atomic E-state index is -1.03. The summed E-state index contributed by atoms with van der Waals surface area (Å²) >= 11 is 0. The van der Waals surface area contributed by atoms with Crippen molar-refractivity contribution in [3.05, 3.63) is 0 Å². The van der Waals surface area contributed by atoms with Crippen molar-refractivity contribution < 1.29 is 19.5 Å². The lowest BCUT2D eigenvalue weighted by Gasteiger charge is -2.22. The van der Waals surface area contributed by atoms with Crippen LogP contribution in [-0.4, -0.2) is 53.6 Å². The molecule has 1 unspecified atom stereocenters. The molecule has 0 radical (unpaired) electrons. The van der Waals surface area contributed by atoms with Gasteiger partial charge < -0.3 is 20.6 Å². The molecular formula is C11H19N3O4. The number of hydrogen-bond donors (Lipinski definition) is 3. The number of nitrogens with one attached hydrogen (secondary N) is 2. The summed E-state index contributed by atoms with van der Waals surface area (Å²) in [5.41, 5.74) is 0. The van der Waals surface area contributed by atoms with E-state index in [9.17, 15) is 14.4 Å². The molecule has 0 aromatic rings. The zero-order valence-corrected chi connectivity index (χ0v) is 10.4. The standard InChI is InChI=1S/C11H19N3O4/c1-2-3-8(10(16)17)13-11(18)14-6-4-9(15)12-5-7-14/h8H,2-7H2,1H3,(H,12,15)(H,13,18)(H,16,17). The minimum Gasteiger partial charge on any atom is -0.480 e. The van der Waals surface area contributed by atoms with Gasteiger partial charge in [0.1, 0.15) is 6.04 Å². The molecule has 1 aliphatic rings. The van der Waals surface area contributed by atoms with Crippen LogP contribution in [0.5, 0.6) is 0 Å². The first kappa shape index (κ1) is 14.3. The number of carbonyl (C=O) groups is 3. The molecule has 0 spiro atoms. The number of carboxylic acid groups (broad SMARTS) is 1. The molecule has 1 atom stereocenters. The molecule has 0 bridgehead atoms. The van der Waals surface area contributed by atoms with Crippen molar-refractivity contribution in [1.29, 1.82) is 0 Å². The molecule has 1 saturated heterocycles. The lowest BCUT2D eigenvalue weighted by Crippen LogP contribution is -2.48. The highest BCUT2D eigenvalue weighted by Crippen LogP contribution is 2.01. The first-order chi connectivity index (χ1) is 8.54. The van der Waals surface area contributed by atoms with Gasteiger partial charge in [-0.2, -0.15) is 0 Å². The van der Waals surface area contributed by atoms with Crippen molar-refractivity contribution in [2.75, 3.05) is 19.6 Å². The molecule has 3 N–H and O–H groups in total. The summed E-state index contributed by atoms with van der Waals surface area (Å²) in [6.07, 6.45) is 1.32. The van der Waals surface area contributed by atoms with E-state index in [1.807, 2.05) is 6.92 Å². The number of hydrogen-bond acceptors (Lipinski definition) is 3. The van der Waals surface area contributed by atoms with Crippen LogP contribution in [0.2, 0.25) is 0 Å². The fourth-order valence-electron chi connectivity index (χ4n) is 1.76. The highest BCUT2D eigenvalue weighted by atomic mass is 16.4. The molecule has 7 heteroatoms. The normalized spacial score (nSPS) is 17.6. The van der Waals surface area contributed by atoms with E-state index >= 15 is 0 Å². The van der Waals surface area contributed by atoms with Crippen LogP contribution in [-0.2, 0) is 9.59 Å². The van der Waals surface area contributed by atoms with E-state index in [-0.39, 0.29) is 12.3 Å². The number of urea groups is 1. The topological polar surface area (TPSA) is 98.7 Å². The second-order valence-electron chi connectivity index (χ2n) is 4.22. The van der Waals surface area contributed by atoms with Crippen molar-refractivity contribution in [2.45, 2.75) is 32.2 Å². The Morgan fingerprint density at radius 2 is 2.22 bits per heavy atom. The van der Waals surface area contributed by atoms with Gasteiger partial charge in [0.05, 0.1) is 0 Å². The van der Waals surface area contributed by atoms with Crippen LogP contribution in [0.1, 0.15) is 26.2 Å². The first-order valence-corrected chi connectivity index (χ1v) is 6.09. The van der Waals surface area contributed by atoms with E-state index in [0.29, 0.717) is 32.5 Å². The van der Waals surface area contributed by atoms with Crippen LogP contribution < -0.4 is 10.6 Å². The van der Waals surface area contributed by atoms with Gasteiger partial charge in [0, 0.05) is 26.1 Å². The zero-order valence-electron chi connectivity index (χ0n) is 10.4. The minimum absolute atomic E-state index is 0.0892. The molecule has 0 aliphatic carbocycles. The van der Waals surface area contributed by atoms with E-state index in [1.54, 1.807) is 0 Å². The summed E-state index contributed by atoms with van der Waals surface area (Å²) in [6.45, 7) is 2.97. The Balaban J connectivity index is 2.52. The third-order valence-corrected chi connectivity index (χ3v) is 2.77. The van der Waals surface area contributed by atoms with Crippen LogP contribution in [0.3, 0.4) is 0 Å². The molecular weight excluding hydrogens is 238 g/mol. The number of nitrogens with zero attached hydrogens (tertiary/aromatic N) is 1. The fourth-order valence-corrected chi connectivity index (χ4v) is 1.76. The average Bonchev–Trinajstić information content (AvgIpc) is 2.53. The second-order valence-corrected chi connectivity index (χ2v) is 4.22. The number of carboxylic acids is 1. The zero-order chi connectivity index (χ0) is 13.5. The van der Waals surface area contributed by atoms with Crippen molar-refractivity contribution in [3.8, 4) is 0 Å². The summed E-state index contributed by atoms with van der Waals surface area (Å²) in [4.78, 5) is 35.4. The Bertz CT molecular complexity index is 332. The third-order valence-electron chi connectivity index (χ3n) is 2.77. The SMILES string of the molecule is CCCC(NC(=O)N1CCNC(=O)CC1)C(=O)O. The molecule has 0 aromatic carbocycles. The molecule has 1 rings (SSSR count). The highest BCUT2D eigenvalue weighted by molar-refractivity contribution is 5.83. The fraction of sp³-hybridized carbons (Fsp3) is 0.727. The number of aliphatic carboxylic acids is 1. The van der Waals surface area contributed by atoms with Gasteiger partial charge in [-0.3, -0.25) is 4.79 Å². The number of carbonyl (C=O) groups excluding carboxylic acids is 2. The molecule has 0 aromatic heterocycles. The quantitative estimate of drug-likeness (QED) is 0.648. The van der Waals surface area contributed by atoms with Crippen molar-refractivity contribution in [3.63, 3.8) is 0 Å². The lowest BCUT2D eigenvalue weighted by atomic mass is 10.2. The van der Waals surface area contributed by atoms with Gasteiger partial charge >= 0.3 is 12.0 Å². The number of amides is 3. The highest BCUT2D eigenvalue weighted by Gasteiger charge is 2.23. The maximum Gasteiger partial charge on any atom is 0.326 e. The maximum atomic E-state index is 11.9. The Hall–Kier alpha value is -1.79. The van der Waals surface area contributed by atoms with E-state index in [2.05, 4.69) is 10.6 Å². The van der Waals surface area contributed by atoms with Gasteiger partial charge in [-0.15, -0.1) is 0 Å². The van der Waals surface area contributed by atoms with Crippen LogP contribution >= 0.6 is 0 Å². The smallest absolute Gasteiger partial charge is 0.326 e. The number of rotatable bonds is 4. The van der Waals surface area contributed by atoms with Crippen LogP contribution in [0.25, 0.3) is 0 Å². The monoisotopic (exact) mass is 257 g/mol. The Kier molecular flexibility index (Phi) is 5.41. The van der Waals surface area contributed by atoms with Crippen molar-refractivity contribution in [1.82, 2.24) is 15.5 Å². The van der Waals surface area contributed by atoms with E-state index in [0.717, 1.165) is 0 Å². The van der Waals surface area contributed by atoms with Gasteiger partial charge in [0.15, 0.2) is 0 Å². The summed E-state index contributed by atoms with van der Waals surface area (Å²) in [5, 5.41) is 14.1. The summed E-state index contributed by atoms with van der Waals surface area (Å²) in [5.74, 6) is -1.12. The maximum absolute atomic E-state index is 11.9. The molecule has 3 amide bonds. The summed E-state index contributed by atoms with van der Waals surface area (Å²) in [6, 6.07) is -1.29. The van der Waals surface area contributed by atoms with Crippen LogP contribution in [0.15, 0.2) is 0 Å². The molecule has 102 valence electrons. The molecule has 1 aliphatic heterocycles. The Labute approximate surface area is 106 Å². The van der Waals surface area contributed by atoms with Gasteiger partial charge in [-0.25, -0.2) is 9.59 Å². The van der Waals surface area contributed by atoms with Crippen LogP contribution in [0.4, 0.5) is 4.79 Å². The van der Waals surface area contributed by atoms with Crippen LogP contribution in [0, 0.1) is 0 Å².